The summed E-state index contributed by atoms with van der Waals surface area (Å²) in [7, 11) is 0. The number of fused-ring (bicyclic) bond motifs is 1. The number of rotatable bonds is 12. The molecule has 3 aromatic rings. The molecule has 0 bridgehead atoms. The molecule has 0 amide bonds. The molecule has 0 saturated carbocycles. The normalized spacial score (nSPS) is 13.2. The number of carboxylic acids is 1. The summed E-state index contributed by atoms with van der Waals surface area (Å²) in [5.74, 6) is -1.69. The first-order valence-electron chi connectivity index (χ1n) is 10.1. The minimum absolute atomic E-state index is 0.0552. The van der Waals surface area contributed by atoms with E-state index in [4.69, 9.17) is 16.3 Å². The maximum absolute atomic E-state index is 13.8. The Labute approximate surface area is 189 Å². The summed E-state index contributed by atoms with van der Waals surface area (Å²) >= 11 is 5.91. The van der Waals surface area contributed by atoms with Gasteiger partial charge in [0.15, 0.2) is 5.65 Å². The summed E-state index contributed by atoms with van der Waals surface area (Å²) in [6, 6.07) is 6.67. The standard InChI is InChI=1S/C22H24ClFN4O4/c23-18-11-25-12-19(24)17(18)10-27-20(22(30)31)7-9-32-13-16(29)6-5-15-4-3-14-2-1-8-26-21(14)28-15/h1-4,8,11-12,16,20,27,29H,5-7,9-10,13H2,(H,30,31). The van der Waals surface area contributed by atoms with Crippen molar-refractivity contribution in [3.63, 3.8) is 0 Å². The van der Waals surface area contributed by atoms with Crippen molar-refractivity contribution in [2.75, 3.05) is 13.2 Å². The van der Waals surface area contributed by atoms with Crippen LogP contribution < -0.4 is 5.32 Å². The van der Waals surface area contributed by atoms with Crippen LogP contribution in [0.15, 0.2) is 42.9 Å². The molecule has 0 aromatic carbocycles. The number of carbonyl (C=O) groups is 1. The van der Waals surface area contributed by atoms with Crippen LogP contribution in [0.5, 0.6) is 0 Å². The topological polar surface area (TPSA) is 117 Å². The van der Waals surface area contributed by atoms with Gasteiger partial charge in [-0.25, -0.2) is 14.4 Å². The van der Waals surface area contributed by atoms with Crippen molar-refractivity contribution < 1.29 is 24.1 Å². The van der Waals surface area contributed by atoms with Gasteiger partial charge in [-0.3, -0.25) is 9.78 Å². The van der Waals surface area contributed by atoms with Crippen LogP contribution in [0.2, 0.25) is 5.02 Å². The van der Waals surface area contributed by atoms with Gasteiger partial charge in [-0.15, -0.1) is 0 Å². The monoisotopic (exact) mass is 462 g/mol. The lowest BCUT2D eigenvalue weighted by atomic mass is 10.1. The Balaban J connectivity index is 1.38. The van der Waals surface area contributed by atoms with Crippen LogP contribution in [-0.2, 0) is 22.5 Å². The van der Waals surface area contributed by atoms with Crippen LogP contribution in [0.1, 0.15) is 24.1 Å². The van der Waals surface area contributed by atoms with Crippen LogP contribution in [-0.4, -0.2) is 56.5 Å². The number of nitrogens with zero attached hydrogens (tertiary/aromatic N) is 3. The van der Waals surface area contributed by atoms with E-state index in [1.54, 1.807) is 6.20 Å². The van der Waals surface area contributed by atoms with Gasteiger partial charge in [-0.1, -0.05) is 11.6 Å². The largest absolute Gasteiger partial charge is 0.480 e. The third-order valence-electron chi connectivity index (χ3n) is 4.89. The molecule has 0 aliphatic carbocycles. The molecule has 2 atom stereocenters. The van der Waals surface area contributed by atoms with E-state index in [-0.39, 0.29) is 36.8 Å². The Bertz CT molecular complexity index is 1040. The molecular formula is C22H24ClFN4O4. The van der Waals surface area contributed by atoms with Crippen molar-refractivity contribution in [1.29, 1.82) is 0 Å². The second kappa shape index (κ2) is 11.8. The molecule has 0 aliphatic heterocycles. The number of aromatic nitrogens is 3. The third-order valence-corrected chi connectivity index (χ3v) is 5.22. The number of pyridine rings is 3. The van der Waals surface area contributed by atoms with Crippen molar-refractivity contribution in [3.8, 4) is 0 Å². The first-order valence-corrected chi connectivity index (χ1v) is 10.5. The van der Waals surface area contributed by atoms with E-state index >= 15 is 0 Å². The number of aliphatic hydroxyl groups excluding tert-OH is 1. The van der Waals surface area contributed by atoms with Crippen LogP contribution >= 0.6 is 11.6 Å². The Morgan fingerprint density at radius 2 is 2.09 bits per heavy atom. The molecule has 32 heavy (non-hydrogen) atoms. The van der Waals surface area contributed by atoms with Crippen molar-refractivity contribution in [2.45, 2.75) is 38.0 Å². The number of hydrogen-bond acceptors (Lipinski definition) is 7. The van der Waals surface area contributed by atoms with E-state index < -0.39 is 23.9 Å². The van der Waals surface area contributed by atoms with E-state index in [1.165, 1.54) is 6.20 Å². The molecule has 3 heterocycles. The second-order valence-electron chi connectivity index (χ2n) is 7.26. The molecular weight excluding hydrogens is 439 g/mol. The molecule has 3 aromatic heterocycles. The molecule has 0 fully saturated rings. The number of halogens is 2. The van der Waals surface area contributed by atoms with E-state index in [1.807, 2.05) is 24.3 Å². The molecule has 0 saturated heterocycles. The van der Waals surface area contributed by atoms with Gasteiger partial charge in [0.05, 0.1) is 23.9 Å². The Kier molecular flexibility index (Phi) is 8.81. The van der Waals surface area contributed by atoms with Crippen LogP contribution in [0.4, 0.5) is 4.39 Å². The summed E-state index contributed by atoms with van der Waals surface area (Å²) < 4.78 is 19.2. The summed E-state index contributed by atoms with van der Waals surface area (Å²) in [5.41, 5.74) is 1.64. The van der Waals surface area contributed by atoms with Crippen molar-refractivity contribution in [2.24, 2.45) is 0 Å². The lowest BCUT2D eigenvalue weighted by molar-refractivity contribution is -0.140. The average Bonchev–Trinajstić information content (AvgIpc) is 2.78. The lowest BCUT2D eigenvalue weighted by Gasteiger charge is -2.16. The summed E-state index contributed by atoms with van der Waals surface area (Å²) in [5, 5.41) is 23.3. The number of carboxylic acid groups (broad SMARTS) is 1. The minimum Gasteiger partial charge on any atom is -0.480 e. The highest BCUT2D eigenvalue weighted by Gasteiger charge is 2.18. The number of hydrogen-bond donors (Lipinski definition) is 3. The zero-order chi connectivity index (χ0) is 22.9. The second-order valence-corrected chi connectivity index (χ2v) is 7.67. The number of aliphatic hydroxyl groups is 1. The predicted molar refractivity (Wildman–Crippen MR) is 117 cm³/mol. The van der Waals surface area contributed by atoms with Gasteiger partial charge in [0.25, 0.3) is 0 Å². The van der Waals surface area contributed by atoms with Gasteiger partial charge >= 0.3 is 5.97 Å². The summed E-state index contributed by atoms with van der Waals surface area (Å²) in [4.78, 5) is 23.8. The SMILES string of the molecule is O=C(O)C(CCOCC(O)CCc1ccc2cccnc2n1)NCc1c(F)cncc1Cl. The number of aliphatic carboxylic acids is 1. The Hall–Kier alpha value is -2.72. The number of aryl methyl sites for hydroxylation is 1. The van der Waals surface area contributed by atoms with Gasteiger partial charge in [-0.05, 0) is 43.5 Å². The minimum atomic E-state index is -1.09. The van der Waals surface area contributed by atoms with Gasteiger partial charge < -0.3 is 20.3 Å². The first kappa shape index (κ1) is 23.9. The molecule has 0 spiro atoms. The molecule has 0 radical (unpaired) electrons. The highest BCUT2D eigenvalue weighted by Crippen LogP contribution is 2.17. The fourth-order valence-electron chi connectivity index (χ4n) is 3.09. The molecule has 3 N–H and O–H groups in total. The molecule has 170 valence electrons. The molecule has 10 heteroatoms. The highest BCUT2D eigenvalue weighted by molar-refractivity contribution is 6.31. The summed E-state index contributed by atoms with van der Waals surface area (Å²) in [6.07, 6.45) is 4.45. The zero-order valence-electron chi connectivity index (χ0n) is 17.2. The van der Waals surface area contributed by atoms with E-state index in [0.29, 0.717) is 18.5 Å². The van der Waals surface area contributed by atoms with Crippen LogP contribution in [0, 0.1) is 5.82 Å². The number of ether oxygens (including phenoxy) is 1. The summed E-state index contributed by atoms with van der Waals surface area (Å²) in [6.45, 7) is 0.134. The van der Waals surface area contributed by atoms with Gasteiger partial charge in [0, 0.05) is 42.2 Å². The first-order chi connectivity index (χ1) is 15.4. The average molecular weight is 463 g/mol. The maximum Gasteiger partial charge on any atom is 0.320 e. The molecule has 3 rings (SSSR count). The smallest absolute Gasteiger partial charge is 0.320 e. The lowest BCUT2D eigenvalue weighted by Crippen LogP contribution is -2.37. The van der Waals surface area contributed by atoms with Crippen LogP contribution in [0.25, 0.3) is 11.0 Å². The van der Waals surface area contributed by atoms with E-state index in [9.17, 15) is 19.4 Å². The van der Waals surface area contributed by atoms with Gasteiger partial charge in [0.2, 0.25) is 0 Å². The quantitative estimate of drug-likeness (QED) is 0.352. The fraction of sp³-hybridized carbons (Fsp3) is 0.364. The fourth-order valence-corrected chi connectivity index (χ4v) is 3.31. The molecule has 8 nitrogen and oxygen atoms in total. The molecule has 0 aliphatic rings. The predicted octanol–water partition coefficient (Wildman–Crippen LogP) is 2.76. The van der Waals surface area contributed by atoms with Crippen molar-refractivity contribution in [3.05, 3.63) is 65.0 Å². The third kappa shape index (κ3) is 6.89. The van der Waals surface area contributed by atoms with E-state index in [0.717, 1.165) is 17.3 Å². The molecule has 2 unspecified atom stereocenters. The van der Waals surface area contributed by atoms with Crippen LogP contribution in [0.3, 0.4) is 0 Å². The highest BCUT2D eigenvalue weighted by atomic mass is 35.5. The van der Waals surface area contributed by atoms with Gasteiger partial charge in [-0.2, -0.15) is 0 Å². The Morgan fingerprint density at radius 3 is 2.88 bits per heavy atom. The Morgan fingerprint density at radius 1 is 1.25 bits per heavy atom. The number of nitrogens with one attached hydrogen (secondary N) is 1. The van der Waals surface area contributed by atoms with Crippen molar-refractivity contribution in [1.82, 2.24) is 20.3 Å². The van der Waals surface area contributed by atoms with E-state index in [2.05, 4.69) is 20.3 Å². The van der Waals surface area contributed by atoms with Crippen molar-refractivity contribution >= 4 is 28.6 Å². The van der Waals surface area contributed by atoms with Gasteiger partial charge in [0.1, 0.15) is 11.9 Å². The maximum atomic E-state index is 13.8. The zero-order valence-corrected chi connectivity index (χ0v) is 18.0.